The molecule has 0 aliphatic carbocycles. The number of nitrogens with one attached hydrogen (secondary N) is 1. The van der Waals surface area contributed by atoms with Gasteiger partial charge in [-0.2, -0.15) is 0 Å². The van der Waals surface area contributed by atoms with Gasteiger partial charge in [-0.3, -0.25) is 4.90 Å². The molecule has 21 heavy (non-hydrogen) atoms. The van der Waals surface area contributed by atoms with E-state index in [4.69, 9.17) is 4.74 Å². The number of para-hydroxylation sites is 1. The summed E-state index contributed by atoms with van der Waals surface area (Å²) in [6, 6.07) is 8.47. The number of nitrogens with zero attached hydrogens (tertiary/aromatic N) is 1. The number of carbonyl (C=O) groups is 1. The summed E-state index contributed by atoms with van der Waals surface area (Å²) < 4.78 is 5.47. The number of hydrogen-bond donors (Lipinski definition) is 1. The molecule has 4 nitrogen and oxygen atoms in total. The molecule has 0 spiro atoms. The number of benzene rings is 1. The number of rotatable bonds is 5. The highest BCUT2D eigenvalue weighted by Gasteiger charge is 2.29. The summed E-state index contributed by atoms with van der Waals surface area (Å²) in [4.78, 5) is 14.5. The van der Waals surface area contributed by atoms with E-state index in [2.05, 4.69) is 18.3 Å². The first-order chi connectivity index (χ1) is 10.2. The Hall–Kier alpha value is -1.55. The second kappa shape index (κ2) is 7.46. The Morgan fingerprint density at radius 2 is 2.19 bits per heavy atom. The van der Waals surface area contributed by atoms with Crippen LogP contribution in [0.3, 0.4) is 0 Å². The smallest absolute Gasteiger partial charge is 0.322 e. The van der Waals surface area contributed by atoms with Crippen LogP contribution in [0.2, 0.25) is 0 Å². The molecule has 1 aromatic rings. The minimum Gasteiger partial charge on any atom is -0.377 e. The molecule has 0 bridgehead atoms. The molecule has 0 fully saturated rings. The van der Waals surface area contributed by atoms with Crippen LogP contribution >= 0.6 is 0 Å². The number of hydrogen-bond acceptors (Lipinski definition) is 2. The molecule has 0 saturated carbocycles. The van der Waals surface area contributed by atoms with Crippen LogP contribution in [0.4, 0.5) is 10.5 Å². The van der Waals surface area contributed by atoms with Gasteiger partial charge in [-0.15, -0.1) is 0 Å². The lowest BCUT2D eigenvalue weighted by Gasteiger charge is -2.37. The van der Waals surface area contributed by atoms with E-state index in [1.807, 2.05) is 36.9 Å². The fourth-order valence-electron chi connectivity index (χ4n) is 2.93. The molecular formula is C17H26N2O2. The Kier molecular flexibility index (Phi) is 5.62. The van der Waals surface area contributed by atoms with Crippen molar-refractivity contribution in [1.82, 2.24) is 5.32 Å². The fraction of sp³-hybridized carbons (Fsp3) is 0.588. The average molecular weight is 290 g/mol. The lowest BCUT2D eigenvalue weighted by molar-refractivity contribution is 0.0777. The predicted molar refractivity (Wildman–Crippen MR) is 85.8 cm³/mol. The molecule has 0 unspecified atom stereocenters. The molecule has 1 heterocycles. The van der Waals surface area contributed by atoms with Crippen molar-refractivity contribution in [1.29, 1.82) is 0 Å². The van der Waals surface area contributed by atoms with Crippen molar-refractivity contribution in [2.24, 2.45) is 0 Å². The van der Waals surface area contributed by atoms with Gasteiger partial charge in [0, 0.05) is 24.9 Å². The Bertz CT molecular complexity index is 476. The highest BCUT2D eigenvalue weighted by molar-refractivity contribution is 5.94. The first-order valence-electron chi connectivity index (χ1n) is 7.93. The zero-order valence-corrected chi connectivity index (χ0v) is 13.3. The van der Waals surface area contributed by atoms with Crippen LogP contribution in [0.1, 0.15) is 39.2 Å². The van der Waals surface area contributed by atoms with Gasteiger partial charge in [-0.1, -0.05) is 25.1 Å². The van der Waals surface area contributed by atoms with E-state index >= 15 is 0 Å². The molecule has 2 atom stereocenters. The SMILES string of the molecule is CCO[C@H](C)CNC(=O)N1c2ccccc2CC[C@@H]1CC. The van der Waals surface area contributed by atoms with E-state index < -0.39 is 0 Å². The zero-order chi connectivity index (χ0) is 15.2. The molecule has 0 aromatic heterocycles. The lowest BCUT2D eigenvalue weighted by Crippen LogP contribution is -2.50. The Morgan fingerprint density at radius 3 is 2.90 bits per heavy atom. The molecule has 2 rings (SSSR count). The molecule has 1 N–H and O–H groups in total. The minimum atomic E-state index is -0.0134. The van der Waals surface area contributed by atoms with Crippen LogP contribution in [-0.2, 0) is 11.2 Å². The summed E-state index contributed by atoms with van der Waals surface area (Å²) in [5, 5.41) is 3.00. The van der Waals surface area contributed by atoms with Crippen LogP contribution in [0.15, 0.2) is 24.3 Å². The average Bonchev–Trinajstić information content (AvgIpc) is 2.51. The lowest BCUT2D eigenvalue weighted by atomic mass is 9.94. The Balaban J connectivity index is 2.10. The zero-order valence-electron chi connectivity index (χ0n) is 13.3. The van der Waals surface area contributed by atoms with E-state index in [-0.39, 0.29) is 18.2 Å². The van der Waals surface area contributed by atoms with Gasteiger partial charge in [0.2, 0.25) is 0 Å². The van der Waals surface area contributed by atoms with Crippen molar-refractivity contribution in [2.45, 2.75) is 52.2 Å². The van der Waals surface area contributed by atoms with Crippen LogP contribution in [0.5, 0.6) is 0 Å². The van der Waals surface area contributed by atoms with Crippen LogP contribution in [-0.4, -0.2) is 31.3 Å². The van der Waals surface area contributed by atoms with Crippen molar-refractivity contribution >= 4 is 11.7 Å². The van der Waals surface area contributed by atoms with E-state index in [0.717, 1.165) is 24.9 Å². The molecule has 1 aliphatic rings. The number of aryl methyl sites for hydroxylation is 1. The summed E-state index contributed by atoms with van der Waals surface area (Å²) in [6.07, 6.45) is 3.09. The number of urea groups is 1. The summed E-state index contributed by atoms with van der Waals surface area (Å²) in [7, 11) is 0. The van der Waals surface area contributed by atoms with Crippen LogP contribution < -0.4 is 10.2 Å². The van der Waals surface area contributed by atoms with E-state index in [1.54, 1.807) is 0 Å². The quantitative estimate of drug-likeness (QED) is 0.903. The first-order valence-corrected chi connectivity index (χ1v) is 7.93. The van der Waals surface area contributed by atoms with Gasteiger partial charge in [0.25, 0.3) is 0 Å². The van der Waals surface area contributed by atoms with Gasteiger partial charge in [-0.05, 0) is 44.7 Å². The largest absolute Gasteiger partial charge is 0.377 e. The number of fused-ring (bicyclic) bond motifs is 1. The standard InChI is InChI=1S/C17H26N2O2/c1-4-15-11-10-14-8-6-7-9-16(14)19(15)17(20)18-12-13(3)21-5-2/h6-9,13,15H,4-5,10-12H2,1-3H3,(H,18,20)/t13-,15+/m1/s1. The van der Waals surface area contributed by atoms with E-state index in [1.165, 1.54) is 5.56 Å². The normalized spacial score (nSPS) is 19.0. The van der Waals surface area contributed by atoms with E-state index in [0.29, 0.717) is 13.2 Å². The summed E-state index contributed by atoms with van der Waals surface area (Å²) in [5.74, 6) is 0. The number of anilines is 1. The van der Waals surface area contributed by atoms with Crippen molar-refractivity contribution < 1.29 is 9.53 Å². The van der Waals surface area contributed by atoms with Gasteiger partial charge in [-0.25, -0.2) is 4.79 Å². The van der Waals surface area contributed by atoms with Crippen molar-refractivity contribution in [3.05, 3.63) is 29.8 Å². The van der Waals surface area contributed by atoms with Gasteiger partial charge < -0.3 is 10.1 Å². The predicted octanol–water partition coefficient (Wildman–Crippen LogP) is 3.35. The third-order valence-corrected chi connectivity index (χ3v) is 4.05. The van der Waals surface area contributed by atoms with Gasteiger partial charge in [0.1, 0.15) is 0 Å². The maximum absolute atomic E-state index is 12.6. The topological polar surface area (TPSA) is 41.6 Å². The maximum atomic E-state index is 12.6. The molecule has 0 saturated heterocycles. The van der Waals surface area contributed by atoms with Crippen molar-refractivity contribution in [3.63, 3.8) is 0 Å². The first kappa shape index (κ1) is 15.8. The molecule has 116 valence electrons. The highest BCUT2D eigenvalue weighted by atomic mass is 16.5. The molecule has 1 aromatic carbocycles. The van der Waals surface area contributed by atoms with Gasteiger partial charge in [0.05, 0.1) is 6.10 Å². The van der Waals surface area contributed by atoms with Gasteiger partial charge in [0.15, 0.2) is 0 Å². The summed E-state index contributed by atoms with van der Waals surface area (Å²) >= 11 is 0. The molecule has 1 aliphatic heterocycles. The van der Waals surface area contributed by atoms with Crippen molar-refractivity contribution in [2.75, 3.05) is 18.1 Å². The Morgan fingerprint density at radius 1 is 1.43 bits per heavy atom. The number of carbonyl (C=O) groups excluding carboxylic acids is 1. The molecule has 0 radical (unpaired) electrons. The second-order valence-electron chi connectivity index (χ2n) is 5.55. The summed E-state index contributed by atoms with van der Waals surface area (Å²) in [6.45, 7) is 7.29. The minimum absolute atomic E-state index is 0.0134. The summed E-state index contributed by atoms with van der Waals surface area (Å²) in [5.41, 5.74) is 2.31. The third-order valence-electron chi connectivity index (χ3n) is 4.05. The van der Waals surface area contributed by atoms with Crippen LogP contribution in [0.25, 0.3) is 0 Å². The van der Waals surface area contributed by atoms with Gasteiger partial charge >= 0.3 is 6.03 Å². The second-order valence-corrected chi connectivity index (χ2v) is 5.55. The number of ether oxygens (including phenoxy) is 1. The Labute approximate surface area is 127 Å². The van der Waals surface area contributed by atoms with Crippen molar-refractivity contribution in [3.8, 4) is 0 Å². The molecule has 4 heteroatoms. The maximum Gasteiger partial charge on any atom is 0.322 e. The number of amides is 2. The van der Waals surface area contributed by atoms with Crippen LogP contribution in [0, 0.1) is 0 Å². The molecule has 2 amide bonds. The van der Waals surface area contributed by atoms with E-state index in [9.17, 15) is 4.79 Å². The third kappa shape index (κ3) is 3.76. The molecular weight excluding hydrogens is 264 g/mol. The monoisotopic (exact) mass is 290 g/mol. The highest BCUT2D eigenvalue weighted by Crippen LogP contribution is 2.31. The fourth-order valence-corrected chi connectivity index (χ4v) is 2.93.